The molecule has 2 rings (SSSR count). The third-order valence-electron chi connectivity index (χ3n) is 3.06. The molecule has 0 bridgehead atoms. The lowest BCUT2D eigenvalue weighted by atomic mass is 10.1. The van der Waals surface area contributed by atoms with Crippen LogP contribution in [-0.4, -0.2) is 25.8 Å². The van der Waals surface area contributed by atoms with Crippen molar-refractivity contribution in [1.82, 2.24) is 0 Å². The quantitative estimate of drug-likeness (QED) is 0.905. The van der Waals surface area contributed by atoms with Gasteiger partial charge in [0.2, 0.25) is 5.91 Å². The summed E-state index contributed by atoms with van der Waals surface area (Å²) in [5.41, 5.74) is 1.53. The van der Waals surface area contributed by atoms with E-state index in [0.717, 1.165) is 5.56 Å². The van der Waals surface area contributed by atoms with Crippen LogP contribution in [0.25, 0.3) is 0 Å². The van der Waals surface area contributed by atoms with Crippen LogP contribution >= 0.6 is 11.6 Å². The Morgan fingerprint density at radius 3 is 2.78 bits per heavy atom. The third-order valence-corrected chi connectivity index (χ3v) is 5.06. The molecule has 1 heterocycles. The number of carbonyl (C=O) groups is 1. The number of nitrogens with one attached hydrogen (secondary N) is 1. The standard InChI is InChI=1S/C12H14ClNO3S/c1-8-2-3-10(13)6-11(8)14-12(15)9-4-5-18(16,17)7-9/h2-3,6,9H,4-5,7H2,1H3,(H,14,15)/t9-/m0/s1. The zero-order valence-corrected chi connectivity index (χ0v) is 11.5. The van der Waals surface area contributed by atoms with Gasteiger partial charge >= 0.3 is 0 Å². The van der Waals surface area contributed by atoms with Gasteiger partial charge in [-0.1, -0.05) is 17.7 Å². The molecule has 1 aromatic carbocycles. The largest absolute Gasteiger partial charge is 0.326 e. The number of amides is 1. The van der Waals surface area contributed by atoms with E-state index in [1.165, 1.54) is 0 Å². The molecule has 18 heavy (non-hydrogen) atoms. The lowest BCUT2D eigenvalue weighted by molar-refractivity contribution is -0.119. The van der Waals surface area contributed by atoms with Gasteiger partial charge in [-0.2, -0.15) is 0 Å². The molecule has 1 aliphatic heterocycles. The van der Waals surface area contributed by atoms with E-state index in [1.54, 1.807) is 12.1 Å². The van der Waals surface area contributed by atoms with Crippen LogP contribution in [0.4, 0.5) is 5.69 Å². The maximum atomic E-state index is 11.9. The van der Waals surface area contributed by atoms with Crippen molar-refractivity contribution < 1.29 is 13.2 Å². The van der Waals surface area contributed by atoms with Crippen LogP contribution in [0.1, 0.15) is 12.0 Å². The second-order valence-electron chi connectivity index (χ2n) is 4.55. The molecule has 1 aliphatic rings. The molecule has 0 saturated carbocycles. The van der Waals surface area contributed by atoms with Gasteiger partial charge in [-0.05, 0) is 31.0 Å². The van der Waals surface area contributed by atoms with Gasteiger partial charge in [-0.15, -0.1) is 0 Å². The van der Waals surface area contributed by atoms with E-state index >= 15 is 0 Å². The zero-order chi connectivity index (χ0) is 13.3. The smallest absolute Gasteiger partial charge is 0.228 e. The van der Waals surface area contributed by atoms with Crippen molar-refractivity contribution >= 4 is 33.0 Å². The average Bonchev–Trinajstić information content (AvgIpc) is 2.64. The first-order valence-corrected chi connectivity index (χ1v) is 7.85. The predicted octanol–water partition coefficient (Wildman–Crippen LogP) is 2.02. The minimum atomic E-state index is -3.04. The third kappa shape index (κ3) is 3.03. The van der Waals surface area contributed by atoms with Gasteiger partial charge in [0.05, 0.1) is 17.4 Å². The first kappa shape index (κ1) is 13.4. The number of carbonyl (C=O) groups excluding carboxylic acids is 1. The summed E-state index contributed by atoms with van der Waals surface area (Å²) in [5.74, 6) is -0.659. The Hall–Kier alpha value is -1.07. The summed E-state index contributed by atoms with van der Waals surface area (Å²) < 4.78 is 22.6. The molecule has 0 aromatic heterocycles. The molecule has 1 atom stereocenters. The van der Waals surface area contributed by atoms with Crippen molar-refractivity contribution in [1.29, 1.82) is 0 Å². The molecule has 1 saturated heterocycles. The van der Waals surface area contributed by atoms with Crippen molar-refractivity contribution in [3.05, 3.63) is 28.8 Å². The lowest BCUT2D eigenvalue weighted by Crippen LogP contribution is -2.24. The minimum Gasteiger partial charge on any atom is -0.326 e. The average molecular weight is 288 g/mol. The SMILES string of the molecule is Cc1ccc(Cl)cc1NC(=O)[C@H]1CCS(=O)(=O)C1. The van der Waals surface area contributed by atoms with Crippen molar-refractivity contribution in [2.24, 2.45) is 5.92 Å². The van der Waals surface area contributed by atoms with Crippen molar-refractivity contribution in [3.63, 3.8) is 0 Å². The van der Waals surface area contributed by atoms with E-state index < -0.39 is 15.8 Å². The molecular weight excluding hydrogens is 274 g/mol. The Labute approximate surface area is 111 Å². The Morgan fingerprint density at radius 1 is 1.44 bits per heavy atom. The number of anilines is 1. The van der Waals surface area contributed by atoms with E-state index in [0.29, 0.717) is 17.1 Å². The highest BCUT2D eigenvalue weighted by Gasteiger charge is 2.33. The molecular formula is C12H14ClNO3S. The van der Waals surface area contributed by atoms with Gasteiger partial charge in [-0.25, -0.2) is 8.42 Å². The first-order chi connectivity index (χ1) is 8.37. The Kier molecular flexibility index (Phi) is 3.64. The highest BCUT2D eigenvalue weighted by Crippen LogP contribution is 2.24. The van der Waals surface area contributed by atoms with E-state index in [1.807, 2.05) is 13.0 Å². The van der Waals surface area contributed by atoms with Crippen LogP contribution in [0.15, 0.2) is 18.2 Å². The van der Waals surface area contributed by atoms with Crippen molar-refractivity contribution in [2.75, 3.05) is 16.8 Å². The normalized spacial score (nSPS) is 21.8. The monoisotopic (exact) mass is 287 g/mol. The van der Waals surface area contributed by atoms with Gasteiger partial charge in [0.25, 0.3) is 0 Å². The lowest BCUT2D eigenvalue weighted by Gasteiger charge is -2.11. The van der Waals surface area contributed by atoms with Crippen LogP contribution in [0.3, 0.4) is 0 Å². The summed E-state index contributed by atoms with van der Waals surface area (Å²) in [4.78, 5) is 11.9. The molecule has 1 fully saturated rings. The molecule has 0 radical (unpaired) electrons. The van der Waals surface area contributed by atoms with Crippen molar-refractivity contribution in [2.45, 2.75) is 13.3 Å². The Bertz CT molecular complexity index is 583. The highest BCUT2D eigenvalue weighted by atomic mass is 35.5. The summed E-state index contributed by atoms with van der Waals surface area (Å²) in [5, 5.41) is 3.28. The summed E-state index contributed by atoms with van der Waals surface area (Å²) in [6.07, 6.45) is 0.397. The molecule has 1 N–H and O–H groups in total. The maximum Gasteiger partial charge on any atom is 0.228 e. The Balaban J connectivity index is 2.10. The van der Waals surface area contributed by atoms with E-state index in [-0.39, 0.29) is 17.4 Å². The summed E-state index contributed by atoms with van der Waals surface area (Å²) in [7, 11) is -3.04. The molecule has 4 nitrogen and oxygen atoms in total. The number of rotatable bonds is 2. The number of hydrogen-bond donors (Lipinski definition) is 1. The molecule has 0 unspecified atom stereocenters. The van der Waals surface area contributed by atoms with E-state index in [4.69, 9.17) is 11.6 Å². The molecule has 98 valence electrons. The second-order valence-corrected chi connectivity index (χ2v) is 7.21. The van der Waals surface area contributed by atoms with E-state index in [2.05, 4.69) is 5.32 Å². The first-order valence-electron chi connectivity index (χ1n) is 5.65. The van der Waals surface area contributed by atoms with Gasteiger partial charge in [0.15, 0.2) is 9.84 Å². The molecule has 1 amide bonds. The van der Waals surface area contributed by atoms with E-state index in [9.17, 15) is 13.2 Å². The van der Waals surface area contributed by atoms with Gasteiger partial charge in [0, 0.05) is 10.7 Å². The minimum absolute atomic E-state index is 0.0571. The summed E-state index contributed by atoms with van der Waals surface area (Å²) in [6, 6.07) is 5.22. The van der Waals surface area contributed by atoms with Gasteiger partial charge in [-0.3, -0.25) is 4.79 Å². The number of sulfone groups is 1. The van der Waals surface area contributed by atoms with Crippen LogP contribution in [0.5, 0.6) is 0 Å². The highest BCUT2D eigenvalue weighted by molar-refractivity contribution is 7.91. The van der Waals surface area contributed by atoms with Crippen LogP contribution < -0.4 is 5.32 Å². The van der Waals surface area contributed by atoms with Crippen LogP contribution in [-0.2, 0) is 14.6 Å². The number of hydrogen-bond acceptors (Lipinski definition) is 3. The molecule has 1 aromatic rings. The fourth-order valence-corrected chi connectivity index (χ4v) is 3.88. The summed E-state index contributed by atoms with van der Waals surface area (Å²) >= 11 is 5.86. The fraction of sp³-hybridized carbons (Fsp3) is 0.417. The van der Waals surface area contributed by atoms with Crippen LogP contribution in [0, 0.1) is 12.8 Å². The summed E-state index contributed by atoms with van der Waals surface area (Å²) in [6.45, 7) is 1.86. The number of benzene rings is 1. The number of aryl methyl sites for hydroxylation is 1. The van der Waals surface area contributed by atoms with Gasteiger partial charge in [0.1, 0.15) is 0 Å². The fourth-order valence-electron chi connectivity index (χ4n) is 1.97. The molecule has 0 aliphatic carbocycles. The Morgan fingerprint density at radius 2 is 2.17 bits per heavy atom. The predicted molar refractivity (Wildman–Crippen MR) is 71.6 cm³/mol. The molecule has 6 heteroatoms. The van der Waals surface area contributed by atoms with Gasteiger partial charge < -0.3 is 5.32 Å². The number of halogens is 1. The molecule has 0 spiro atoms. The topological polar surface area (TPSA) is 63.2 Å². The van der Waals surface area contributed by atoms with Crippen molar-refractivity contribution in [3.8, 4) is 0 Å². The van der Waals surface area contributed by atoms with Crippen LogP contribution in [0.2, 0.25) is 5.02 Å². The second kappa shape index (κ2) is 4.90. The zero-order valence-electron chi connectivity index (χ0n) is 9.94. The maximum absolute atomic E-state index is 11.9.